The molecule has 0 atom stereocenters. The maximum atomic E-state index is 4.97. The zero-order valence-electron chi connectivity index (χ0n) is 8.72. The summed E-state index contributed by atoms with van der Waals surface area (Å²) in [5.74, 6) is 0.614. The van der Waals surface area contributed by atoms with Gasteiger partial charge in [-0.1, -0.05) is 11.2 Å². The summed E-state index contributed by atoms with van der Waals surface area (Å²) in [4.78, 5) is 6.59. The summed E-state index contributed by atoms with van der Waals surface area (Å²) in [5.41, 5.74) is 0.300. The standard InChI is InChI=1S/C11H15N3O/c1-4-11(5-2-8-14(11)7-1)6-3-10-12-9-13-15-10/h3,6,9H,1-2,4-5,7-8H2/b6-3+. The monoisotopic (exact) mass is 205 g/mol. The Morgan fingerprint density at radius 1 is 1.33 bits per heavy atom. The van der Waals surface area contributed by atoms with Crippen molar-refractivity contribution in [3.8, 4) is 0 Å². The van der Waals surface area contributed by atoms with Crippen LogP contribution < -0.4 is 0 Å². The number of hydrogen-bond donors (Lipinski definition) is 0. The van der Waals surface area contributed by atoms with E-state index in [1.165, 1.54) is 45.1 Å². The molecule has 2 aliphatic heterocycles. The Kier molecular flexibility index (Phi) is 2.09. The summed E-state index contributed by atoms with van der Waals surface area (Å²) in [6.07, 6.45) is 10.9. The van der Waals surface area contributed by atoms with E-state index in [1.54, 1.807) is 0 Å². The van der Waals surface area contributed by atoms with Crippen LogP contribution in [-0.4, -0.2) is 33.7 Å². The van der Waals surface area contributed by atoms with Crippen LogP contribution in [-0.2, 0) is 0 Å². The first-order valence-corrected chi connectivity index (χ1v) is 5.60. The van der Waals surface area contributed by atoms with Gasteiger partial charge >= 0.3 is 0 Å². The third-order valence-electron chi connectivity index (χ3n) is 3.62. The summed E-state index contributed by atoms with van der Waals surface area (Å²) < 4.78 is 4.97. The summed E-state index contributed by atoms with van der Waals surface area (Å²) in [6, 6.07) is 0. The van der Waals surface area contributed by atoms with Crippen molar-refractivity contribution in [2.75, 3.05) is 13.1 Å². The van der Waals surface area contributed by atoms with Crippen LogP contribution in [0.15, 0.2) is 16.9 Å². The second-order valence-corrected chi connectivity index (χ2v) is 4.41. The van der Waals surface area contributed by atoms with Gasteiger partial charge in [0.05, 0.1) is 0 Å². The largest absolute Gasteiger partial charge is 0.335 e. The van der Waals surface area contributed by atoms with Gasteiger partial charge in [-0.25, -0.2) is 0 Å². The second kappa shape index (κ2) is 3.45. The molecule has 15 heavy (non-hydrogen) atoms. The molecule has 1 aromatic rings. The molecule has 2 fully saturated rings. The van der Waals surface area contributed by atoms with Crippen LogP contribution in [0.4, 0.5) is 0 Å². The molecule has 0 unspecified atom stereocenters. The topological polar surface area (TPSA) is 42.2 Å². The predicted molar refractivity (Wildman–Crippen MR) is 56.1 cm³/mol. The minimum atomic E-state index is 0.300. The Hall–Kier alpha value is -1.16. The zero-order chi connectivity index (χ0) is 10.1. The maximum Gasteiger partial charge on any atom is 0.250 e. The van der Waals surface area contributed by atoms with Gasteiger partial charge in [-0.3, -0.25) is 4.90 Å². The number of aromatic nitrogens is 2. The lowest BCUT2D eigenvalue weighted by Crippen LogP contribution is -2.35. The molecule has 3 heterocycles. The van der Waals surface area contributed by atoms with Gasteiger partial charge in [0.1, 0.15) is 0 Å². The molecule has 0 spiro atoms. The Morgan fingerprint density at radius 2 is 2.13 bits per heavy atom. The molecule has 0 saturated carbocycles. The van der Waals surface area contributed by atoms with E-state index >= 15 is 0 Å². The smallest absolute Gasteiger partial charge is 0.250 e. The molecule has 0 amide bonds. The van der Waals surface area contributed by atoms with Gasteiger partial charge in [-0.05, 0) is 38.8 Å². The molecule has 80 valence electrons. The van der Waals surface area contributed by atoms with Crippen molar-refractivity contribution in [1.29, 1.82) is 0 Å². The van der Waals surface area contributed by atoms with Crippen LogP contribution in [0.3, 0.4) is 0 Å². The molecule has 4 nitrogen and oxygen atoms in total. The fourth-order valence-corrected chi connectivity index (χ4v) is 2.90. The molecule has 4 heteroatoms. The highest BCUT2D eigenvalue weighted by molar-refractivity contribution is 5.41. The highest BCUT2D eigenvalue weighted by Gasteiger charge is 2.41. The lowest BCUT2D eigenvalue weighted by Gasteiger charge is -2.28. The molecule has 0 radical (unpaired) electrons. The maximum absolute atomic E-state index is 4.97. The average Bonchev–Trinajstić information content (AvgIpc) is 2.91. The van der Waals surface area contributed by atoms with Gasteiger partial charge in [0, 0.05) is 11.6 Å². The minimum Gasteiger partial charge on any atom is -0.335 e. The lowest BCUT2D eigenvalue weighted by atomic mass is 9.93. The Labute approximate surface area is 89.0 Å². The molecule has 0 aromatic carbocycles. The first-order chi connectivity index (χ1) is 7.39. The quantitative estimate of drug-likeness (QED) is 0.737. The number of nitrogens with zero attached hydrogens (tertiary/aromatic N) is 3. The summed E-state index contributed by atoms with van der Waals surface area (Å²) >= 11 is 0. The minimum absolute atomic E-state index is 0.300. The summed E-state index contributed by atoms with van der Waals surface area (Å²) in [6.45, 7) is 2.49. The molecule has 1 aromatic heterocycles. The van der Waals surface area contributed by atoms with Crippen molar-refractivity contribution in [2.24, 2.45) is 0 Å². The van der Waals surface area contributed by atoms with Crippen LogP contribution in [0.25, 0.3) is 6.08 Å². The zero-order valence-corrected chi connectivity index (χ0v) is 8.72. The van der Waals surface area contributed by atoms with E-state index < -0.39 is 0 Å². The summed E-state index contributed by atoms with van der Waals surface area (Å²) in [7, 11) is 0. The van der Waals surface area contributed by atoms with Crippen molar-refractivity contribution >= 4 is 6.08 Å². The van der Waals surface area contributed by atoms with Crippen LogP contribution in [0.1, 0.15) is 31.6 Å². The molecule has 0 N–H and O–H groups in total. The SMILES string of the molecule is C(=C\C12CCCN1CCC2)/c1ncno1. The van der Waals surface area contributed by atoms with Crippen molar-refractivity contribution in [3.05, 3.63) is 18.3 Å². The lowest BCUT2D eigenvalue weighted by molar-refractivity contribution is 0.251. The van der Waals surface area contributed by atoms with Crippen molar-refractivity contribution < 1.29 is 4.52 Å². The van der Waals surface area contributed by atoms with Crippen LogP contribution in [0.2, 0.25) is 0 Å². The van der Waals surface area contributed by atoms with E-state index in [2.05, 4.69) is 21.1 Å². The molecular weight excluding hydrogens is 190 g/mol. The van der Waals surface area contributed by atoms with Gasteiger partial charge in [-0.2, -0.15) is 4.98 Å². The first kappa shape index (κ1) is 9.09. The summed E-state index contributed by atoms with van der Waals surface area (Å²) in [5, 5.41) is 3.60. The highest BCUT2D eigenvalue weighted by atomic mass is 16.5. The molecule has 3 rings (SSSR count). The fraction of sp³-hybridized carbons (Fsp3) is 0.636. The molecular formula is C11H15N3O. The second-order valence-electron chi connectivity index (χ2n) is 4.41. The van der Waals surface area contributed by atoms with E-state index in [9.17, 15) is 0 Å². The normalized spacial score (nSPS) is 25.1. The molecule has 0 aliphatic carbocycles. The van der Waals surface area contributed by atoms with E-state index in [4.69, 9.17) is 4.52 Å². The van der Waals surface area contributed by atoms with Crippen LogP contribution >= 0.6 is 0 Å². The van der Waals surface area contributed by atoms with Gasteiger partial charge in [0.15, 0.2) is 6.33 Å². The predicted octanol–water partition coefficient (Wildman–Crippen LogP) is 1.71. The van der Waals surface area contributed by atoms with Gasteiger partial charge < -0.3 is 4.52 Å². The van der Waals surface area contributed by atoms with Gasteiger partial charge in [-0.15, -0.1) is 0 Å². The van der Waals surface area contributed by atoms with Gasteiger partial charge in [0.25, 0.3) is 0 Å². The molecule has 0 bridgehead atoms. The first-order valence-electron chi connectivity index (χ1n) is 5.60. The van der Waals surface area contributed by atoms with E-state index in [0.717, 1.165) is 0 Å². The molecule has 2 saturated heterocycles. The number of fused-ring (bicyclic) bond motifs is 1. The Morgan fingerprint density at radius 3 is 2.80 bits per heavy atom. The van der Waals surface area contributed by atoms with Crippen molar-refractivity contribution in [1.82, 2.24) is 15.0 Å². The van der Waals surface area contributed by atoms with Crippen LogP contribution in [0.5, 0.6) is 0 Å². The van der Waals surface area contributed by atoms with E-state index in [-0.39, 0.29) is 0 Å². The Balaban J connectivity index is 1.81. The van der Waals surface area contributed by atoms with Crippen molar-refractivity contribution in [3.63, 3.8) is 0 Å². The highest BCUT2D eigenvalue weighted by Crippen LogP contribution is 2.40. The third kappa shape index (κ3) is 1.49. The number of rotatable bonds is 2. The van der Waals surface area contributed by atoms with Crippen molar-refractivity contribution in [2.45, 2.75) is 31.2 Å². The van der Waals surface area contributed by atoms with E-state index in [1.807, 2.05) is 6.08 Å². The molecule has 2 aliphatic rings. The average molecular weight is 205 g/mol. The van der Waals surface area contributed by atoms with Crippen LogP contribution in [0, 0.1) is 0 Å². The fourth-order valence-electron chi connectivity index (χ4n) is 2.90. The number of hydrogen-bond acceptors (Lipinski definition) is 4. The Bertz CT molecular complexity index is 348. The van der Waals surface area contributed by atoms with E-state index in [0.29, 0.717) is 11.4 Å². The van der Waals surface area contributed by atoms with Gasteiger partial charge in [0.2, 0.25) is 5.89 Å². The third-order valence-corrected chi connectivity index (χ3v) is 3.62.